The second kappa shape index (κ2) is 13.4. The molecule has 1 heteroatoms. The van der Waals surface area contributed by atoms with Crippen LogP contribution in [0.4, 0.5) is 11.4 Å². The van der Waals surface area contributed by atoms with Crippen LogP contribution in [0.5, 0.6) is 0 Å². The van der Waals surface area contributed by atoms with Gasteiger partial charge >= 0.3 is 0 Å². The second-order valence-corrected chi connectivity index (χ2v) is 12.2. The van der Waals surface area contributed by atoms with E-state index in [0.717, 1.165) is 32.1 Å². The van der Waals surface area contributed by atoms with Crippen molar-refractivity contribution < 1.29 is 0 Å². The van der Waals surface area contributed by atoms with Crippen molar-refractivity contribution in [1.82, 2.24) is 0 Å². The molecule has 0 heterocycles. The fourth-order valence-corrected chi connectivity index (χ4v) is 5.44. The SMILES string of the molecule is CCC(C)/C(=C\C1=CC=C(N(c2ccc(C(C)CC)cc2)c2ccc(C(C)(C)CC)cc2)CC1)c1ccccc1. The lowest BCUT2D eigenvalue weighted by atomic mass is 9.82. The predicted molar refractivity (Wildman–Crippen MR) is 176 cm³/mol. The van der Waals surface area contributed by atoms with Gasteiger partial charge in [-0.15, -0.1) is 0 Å². The van der Waals surface area contributed by atoms with Crippen LogP contribution in [0.25, 0.3) is 5.57 Å². The van der Waals surface area contributed by atoms with Gasteiger partial charge in [0.25, 0.3) is 0 Å². The summed E-state index contributed by atoms with van der Waals surface area (Å²) in [7, 11) is 0. The van der Waals surface area contributed by atoms with E-state index in [9.17, 15) is 0 Å². The molecule has 3 aromatic rings. The van der Waals surface area contributed by atoms with E-state index < -0.39 is 0 Å². The summed E-state index contributed by atoms with van der Waals surface area (Å²) in [6.07, 6.45) is 12.6. The number of benzene rings is 3. The maximum absolute atomic E-state index is 2.47. The summed E-state index contributed by atoms with van der Waals surface area (Å²) < 4.78 is 0. The van der Waals surface area contributed by atoms with Gasteiger partial charge in [0.1, 0.15) is 0 Å². The Balaban J connectivity index is 1.72. The van der Waals surface area contributed by atoms with Crippen LogP contribution in [0.15, 0.2) is 108 Å². The molecule has 4 rings (SSSR count). The smallest absolute Gasteiger partial charge is 0.0458 e. The van der Waals surface area contributed by atoms with Crippen LogP contribution < -0.4 is 4.90 Å². The highest BCUT2D eigenvalue weighted by molar-refractivity contribution is 5.72. The number of anilines is 2. The summed E-state index contributed by atoms with van der Waals surface area (Å²) >= 11 is 0. The Morgan fingerprint density at radius 1 is 0.775 bits per heavy atom. The molecule has 0 amide bonds. The van der Waals surface area contributed by atoms with Crippen molar-refractivity contribution in [3.8, 4) is 0 Å². The van der Waals surface area contributed by atoms with Gasteiger partial charge in [0, 0.05) is 17.1 Å². The first-order chi connectivity index (χ1) is 19.3. The zero-order valence-corrected chi connectivity index (χ0v) is 25.9. The molecular formula is C39H49N. The molecular weight excluding hydrogens is 482 g/mol. The van der Waals surface area contributed by atoms with Gasteiger partial charge in [0.05, 0.1) is 0 Å². The average Bonchev–Trinajstić information content (AvgIpc) is 3.01. The van der Waals surface area contributed by atoms with E-state index in [1.54, 1.807) is 0 Å². The normalized spacial score (nSPS) is 15.7. The molecule has 0 bridgehead atoms. The Hall–Kier alpha value is -3.32. The topological polar surface area (TPSA) is 3.24 Å². The lowest BCUT2D eigenvalue weighted by molar-refractivity contribution is 0.506. The molecule has 1 aliphatic rings. The lowest BCUT2D eigenvalue weighted by Crippen LogP contribution is -2.19. The molecule has 1 nitrogen and oxygen atoms in total. The molecule has 0 aromatic heterocycles. The van der Waals surface area contributed by atoms with Crippen molar-refractivity contribution in [2.24, 2.45) is 5.92 Å². The van der Waals surface area contributed by atoms with Crippen LogP contribution in [0, 0.1) is 5.92 Å². The minimum absolute atomic E-state index is 0.182. The fraction of sp³-hybridized carbons (Fsp3) is 0.385. The van der Waals surface area contributed by atoms with Gasteiger partial charge in [-0.3, -0.25) is 0 Å². The summed E-state index contributed by atoms with van der Waals surface area (Å²) in [5, 5.41) is 0. The number of rotatable bonds is 11. The molecule has 1 aliphatic carbocycles. The van der Waals surface area contributed by atoms with E-state index in [1.807, 2.05) is 0 Å². The molecule has 210 valence electrons. The van der Waals surface area contributed by atoms with Gasteiger partial charge in [0.15, 0.2) is 0 Å². The molecule has 0 radical (unpaired) electrons. The number of hydrogen-bond acceptors (Lipinski definition) is 1. The van der Waals surface area contributed by atoms with Crippen molar-refractivity contribution in [1.29, 1.82) is 0 Å². The van der Waals surface area contributed by atoms with E-state index >= 15 is 0 Å². The molecule has 2 atom stereocenters. The Morgan fingerprint density at radius 2 is 1.40 bits per heavy atom. The van der Waals surface area contributed by atoms with Crippen LogP contribution in [-0.2, 0) is 5.41 Å². The molecule has 0 saturated heterocycles. The zero-order chi connectivity index (χ0) is 28.7. The summed E-state index contributed by atoms with van der Waals surface area (Å²) in [5.74, 6) is 1.11. The first-order valence-electron chi connectivity index (χ1n) is 15.4. The van der Waals surface area contributed by atoms with Gasteiger partial charge in [-0.2, -0.15) is 0 Å². The van der Waals surface area contributed by atoms with Gasteiger partial charge in [0.2, 0.25) is 0 Å². The highest BCUT2D eigenvalue weighted by atomic mass is 15.1. The number of hydrogen-bond donors (Lipinski definition) is 0. The van der Waals surface area contributed by atoms with Crippen LogP contribution >= 0.6 is 0 Å². The molecule has 3 aromatic carbocycles. The Kier molecular flexibility index (Phi) is 9.90. The average molecular weight is 532 g/mol. The van der Waals surface area contributed by atoms with Crippen molar-refractivity contribution in [2.45, 2.75) is 91.9 Å². The minimum Gasteiger partial charge on any atom is -0.314 e. The monoisotopic (exact) mass is 531 g/mol. The number of nitrogens with zero attached hydrogens (tertiary/aromatic N) is 1. The second-order valence-electron chi connectivity index (χ2n) is 12.2. The van der Waals surface area contributed by atoms with Gasteiger partial charge in [-0.1, -0.05) is 115 Å². The van der Waals surface area contributed by atoms with Crippen LogP contribution in [0.3, 0.4) is 0 Å². The summed E-state index contributed by atoms with van der Waals surface area (Å²) in [4.78, 5) is 2.47. The van der Waals surface area contributed by atoms with Crippen molar-refractivity contribution >= 4 is 16.9 Å². The highest BCUT2D eigenvalue weighted by Gasteiger charge is 2.21. The Bertz CT molecular complexity index is 1320. The summed E-state index contributed by atoms with van der Waals surface area (Å²) in [6, 6.07) is 29.4. The van der Waals surface area contributed by atoms with Gasteiger partial charge < -0.3 is 4.90 Å². The minimum atomic E-state index is 0.182. The number of allylic oxidation sites excluding steroid dienone is 6. The molecule has 0 spiro atoms. The van der Waals surface area contributed by atoms with Crippen molar-refractivity contribution in [2.75, 3.05) is 4.90 Å². The molecule has 0 saturated carbocycles. The van der Waals surface area contributed by atoms with E-state index in [0.29, 0.717) is 11.8 Å². The van der Waals surface area contributed by atoms with Gasteiger partial charge in [-0.25, -0.2) is 0 Å². The van der Waals surface area contributed by atoms with E-state index in [-0.39, 0.29) is 5.41 Å². The highest BCUT2D eigenvalue weighted by Crippen LogP contribution is 2.38. The van der Waals surface area contributed by atoms with Gasteiger partial charge in [-0.05, 0) is 108 Å². The van der Waals surface area contributed by atoms with E-state index in [1.165, 1.54) is 44.9 Å². The maximum atomic E-state index is 2.47. The first-order valence-corrected chi connectivity index (χ1v) is 15.4. The Labute approximate surface area is 244 Å². The summed E-state index contributed by atoms with van der Waals surface area (Å²) in [5.41, 5.74) is 11.0. The van der Waals surface area contributed by atoms with Crippen LogP contribution in [0.1, 0.15) is 103 Å². The molecule has 2 unspecified atom stereocenters. The Morgan fingerprint density at radius 3 is 1.93 bits per heavy atom. The van der Waals surface area contributed by atoms with Crippen molar-refractivity contribution in [3.63, 3.8) is 0 Å². The van der Waals surface area contributed by atoms with E-state index in [2.05, 4.69) is 150 Å². The van der Waals surface area contributed by atoms with Crippen LogP contribution in [-0.4, -0.2) is 0 Å². The zero-order valence-electron chi connectivity index (χ0n) is 25.9. The third-order valence-electron chi connectivity index (χ3n) is 9.16. The maximum Gasteiger partial charge on any atom is 0.0458 e. The van der Waals surface area contributed by atoms with Crippen LogP contribution in [0.2, 0.25) is 0 Å². The quantitative estimate of drug-likeness (QED) is 0.238. The summed E-state index contributed by atoms with van der Waals surface area (Å²) in [6.45, 7) is 16.1. The van der Waals surface area contributed by atoms with Crippen molar-refractivity contribution in [3.05, 3.63) is 125 Å². The molecule has 0 aliphatic heterocycles. The van der Waals surface area contributed by atoms with E-state index in [4.69, 9.17) is 0 Å². The largest absolute Gasteiger partial charge is 0.314 e. The molecule has 0 N–H and O–H groups in total. The predicted octanol–water partition coefficient (Wildman–Crippen LogP) is 11.8. The third kappa shape index (κ3) is 6.87. The molecule has 0 fully saturated rings. The fourth-order valence-electron chi connectivity index (χ4n) is 5.44. The standard InChI is InChI=1S/C39H49N/c1-8-29(4)32-18-24-36(25-19-32)40(37-26-20-34(21-27-37)39(6,7)10-3)35-22-16-31(17-23-35)28-38(30(5)9-2)33-14-12-11-13-15-33/h11-16,18-22,24-30H,8-10,17,23H2,1-7H3/b38-28+. The lowest BCUT2D eigenvalue weighted by Gasteiger charge is -2.31. The third-order valence-corrected chi connectivity index (χ3v) is 9.16. The molecule has 40 heavy (non-hydrogen) atoms. The first kappa shape index (κ1) is 29.7.